The first-order chi connectivity index (χ1) is 9.01. The van der Waals surface area contributed by atoms with Gasteiger partial charge in [-0.05, 0) is 49.9 Å². The van der Waals surface area contributed by atoms with Crippen LogP contribution in [0.2, 0.25) is 0 Å². The molecule has 0 aromatic heterocycles. The van der Waals surface area contributed by atoms with Crippen LogP contribution in [0.4, 0.5) is 4.39 Å². The molecule has 2 N–H and O–H groups in total. The number of halogens is 1. The normalized spacial score (nSPS) is 26.9. The number of hydrogen-bond acceptors (Lipinski definition) is 2. The van der Waals surface area contributed by atoms with Gasteiger partial charge in [0.15, 0.2) is 5.96 Å². The number of fused-ring (bicyclic) bond motifs is 2. The lowest BCUT2D eigenvalue weighted by atomic mass is 9.92. The number of aliphatic imine (C=N–C) groups is 1. The van der Waals surface area contributed by atoms with Gasteiger partial charge in [-0.1, -0.05) is 6.07 Å². The summed E-state index contributed by atoms with van der Waals surface area (Å²) in [5, 5.41) is 5.97. The van der Waals surface area contributed by atoms with E-state index in [1.807, 2.05) is 13.8 Å². The molecule has 0 bridgehead atoms. The Morgan fingerprint density at radius 1 is 1.42 bits per heavy atom. The fraction of sp³-hybridized carbons (Fsp3) is 0.429. The minimum absolute atomic E-state index is 0.0998. The number of benzene rings is 1. The van der Waals surface area contributed by atoms with Crippen LogP contribution in [-0.2, 0) is 16.8 Å². The number of carbonyl (C=O) groups excluding carboxylic acids is 1. The highest BCUT2D eigenvalue weighted by Crippen LogP contribution is 2.39. The molecule has 4 nitrogen and oxygen atoms in total. The predicted octanol–water partition coefficient (Wildman–Crippen LogP) is 1.45. The van der Waals surface area contributed by atoms with Crippen molar-refractivity contribution in [3.63, 3.8) is 0 Å². The van der Waals surface area contributed by atoms with Crippen LogP contribution in [0.3, 0.4) is 0 Å². The lowest BCUT2D eigenvalue weighted by Crippen LogP contribution is -2.41. The molecule has 2 aliphatic rings. The van der Waals surface area contributed by atoms with E-state index in [1.165, 1.54) is 12.1 Å². The van der Waals surface area contributed by atoms with Gasteiger partial charge in [0, 0.05) is 6.04 Å². The minimum atomic E-state index is -0.767. The van der Waals surface area contributed by atoms with Crippen molar-refractivity contribution in [1.29, 1.82) is 0 Å². The molecule has 0 saturated carbocycles. The van der Waals surface area contributed by atoms with Crippen LogP contribution < -0.4 is 10.6 Å². The SMILES string of the molecule is CC(C)N=C1NC(=O)C2(CCc3cc(F)ccc32)N1. The molecule has 1 aromatic rings. The molecule has 1 atom stereocenters. The first-order valence-electron chi connectivity index (χ1n) is 6.47. The monoisotopic (exact) mass is 261 g/mol. The van der Waals surface area contributed by atoms with Crippen LogP contribution in [0, 0.1) is 5.82 Å². The van der Waals surface area contributed by atoms with Crippen molar-refractivity contribution < 1.29 is 9.18 Å². The molecule has 1 aliphatic heterocycles. The van der Waals surface area contributed by atoms with E-state index < -0.39 is 5.54 Å². The van der Waals surface area contributed by atoms with Gasteiger partial charge < -0.3 is 5.32 Å². The Morgan fingerprint density at radius 2 is 2.21 bits per heavy atom. The zero-order valence-electron chi connectivity index (χ0n) is 11.0. The molecule has 1 saturated heterocycles. The standard InChI is InChI=1S/C14H16FN3O/c1-8(2)16-13-17-12(19)14(18-13)6-5-9-7-10(15)3-4-11(9)14/h3-4,7-8H,5-6H2,1-2H3,(H2,16,17,18,19). The van der Waals surface area contributed by atoms with Gasteiger partial charge in [0.05, 0.1) is 0 Å². The summed E-state index contributed by atoms with van der Waals surface area (Å²) in [6, 6.07) is 4.71. The Bertz CT molecular complexity index is 582. The minimum Gasteiger partial charge on any atom is -0.338 e. The fourth-order valence-corrected chi connectivity index (χ4v) is 2.84. The molecule has 0 radical (unpaired) electrons. The smallest absolute Gasteiger partial charge is 0.257 e. The number of guanidine groups is 1. The lowest BCUT2D eigenvalue weighted by Gasteiger charge is -2.21. The highest BCUT2D eigenvalue weighted by molar-refractivity contribution is 6.10. The van der Waals surface area contributed by atoms with Gasteiger partial charge >= 0.3 is 0 Å². The number of nitrogens with one attached hydrogen (secondary N) is 2. The molecule has 3 rings (SSSR count). The molecule has 19 heavy (non-hydrogen) atoms. The molecule has 1 unspecified atom stereocenters. The van der Waals surface area contributed by atoms with Gasteiger partial charge in [-0.25, -0.2) is 4.39 Å². The summed E-state index contributed by atoms with van der Waals surface area (Å²) in [6.07, 6.45) is 1.33. The van der Waals surface area contributed by atoms with Crippen LogP contribution >= 0.6 is 0 Å². The molecule has 100 valence electrons. The number of nitrogens with zero attached hydrogens (tertiary/aromatic N) is 1. The predicted molar refractivity (Wildman–Crippen MR) is 70.2 cm³/mol. The summed E-state index contributed by atoms with van der Waals surface area (Å²) in [6.45, 7) is 3.90. The first-order valence-corrected chi connectivity index (χ1v) is 6.47. The maximum absolute atomic E-state index is 13.2. The van der Waals surface area contributed by atoms with Gasteiger partial charge in [0.2, 0.25) is 0 Å². The van der Waals surface area contributed by atoms with Crippen molar-refractivity contribution in [2.45, 2.75) is 38.3 Å². The van der Waals surface area contributed by atoms with E-state index in [0.717, 1.165) is 11.1 Å². The Hall–Kier alpha value is -1.91. The summed E-state index contributed by atoms with van der Waals surface area (Å²) < 4.78 is 13.2. The third-order valence-electron chi connectivity index (χ3n) is 3.64. The van der Waals surface area contributed by atoms with E-state index in [0.29, 0.717) is 18.8 Å². The summed E-state index contributed by atoms with van der Waals surface area (Å²) in [4.78, 5) is 16.6. The van der Waals surface area contributed by atoms with E-state index in [4.69, 9.17) is 0 Å². The van der Waals surface area contributed by atoms with Crippen LogP contribution in [-0.4, -0.2) is 17.9 Å². The van der Waals surface area contributed by atoms with Crippen LogP contribution in [0.5, 0.6) is 0 Å². The Balaban J connectivity index is 2.02. The number of aryl methyl sites for hydroxylation is 1. The second-order valence-electron chi connectivity index (χ2n) is 5.36. The van der Waals surface area contributed by atoms with Gasteiger partial charge in [-0.3, -0.25) is 15.1 Å². The summed E-state index contributed by atoms with van der Waals surface area (Å²) in [5.41, 5.74) is 0.991. The third kappa shape index (κ3) is 1.80. The maximum Gasteiger partial charge on any atom is 0.257 e. The Labute approximate surface area is 111 Å². The second kappa shape index (κ2) is 4.05. The molecular formula is C14H16FN3O. The van der Waals surface area contributed by atoms with E-state index in [2.05, 4.69) is 15.6 Å². The number of carbonyl (C=O) groups is 1. The fourth-order valence-electron chi connectivity index (χ4n) is 2.84. The van der Waals surface area contributed by atoms with Crippen molar-refractivity contribution >= 4 is 11.9 Å². The van der Waals surface area contributed by atoms with E-state index in [1.54, 1.807) is 6.07 Å². The average Bonchev–Trinajstić information content (AvgIpc) is 2.82. The largest absolute Gasteiger partial charge is 0.338 e. The van der Waals surface area contributed by atoms with Crippen molar-refractivity contribution in [3.05, 3.63) is 35.1 Å². The molecule has 1 aromatic carbocycles. The molecule has 5 heteroatoms. The number of rotatable bonds is 1. The summed E-state index contributed by atoms with van der Waals surface area (Å²) >= 11 is 0. The van der Waals surface area contributed by atoms with Crippen LogP contribution in [0.15, 0.2) is 23.2 Å². The third-order valence-corrected chi connectivity index (χ3v) is 3.64. The highest BCUT2D eigenvalue weighted by Gasteiger charge is 2.50. The average molecular weight is 261 g/mol. The first kappa shape index (κ1) is 12.1. The number of hydrogen-bond donors (Lipinski definition) is 2. The molecule has 1 fully saturated rings. The topological polar surface area (TPSA) is 53.5 Å². The Morgan fingerprint density at radius 3 is 2.95 bits per heavy atom. The highest BCUT2D eigenvalue weighted by atomic mass is 19.1. The summed E-state index contributed by atoms with van der Waals surface area (Å²) in [5.74, 6) is 0.153. The summed E-state index contributed by atoms with van der Waals surface area (Å²) in [7, 11) is 0. The lowest BCUT2D eigenvalue weighted by molar-refractivity contribution is -0.124. The van der Waals surface area contributed by atoms with E-state index >= 15 is 0 Å². The van der Waals surface area contributed by atoms with Gasteiger partial charge in [0.25, 0.3) is 5.91 Å². The molecule has 1 aliphatic carbocycles. The maximum atomic E-state index is 13.2. The van der Waals surface area contributed by atoms with Crippen LogP contribution in [0.25, 0.3) is 0 Å². The quantitative estimate of drug-likeness (QED) is 0.804. The second-order valence-corrected chi connectivity index (χ2v) is 5.36. The van der Waals surface area contributed by atoms with Crippen molar-refractivity contribution in [2.75, 3.05) is 0 Å². The van der Waals surface area contributed by atoms with Crippen molar-refractivity contribution in [2.24, 2.45) is 4.99 Å². The van der Waals surface area contributed by atoms with E-state index in [-0.39, 0.29) is 17.8 Å². The molecular weight excluding hydrogens is 245 g/mol. The zero-order valence-corrected chi connectivity index (χ0v) is 11.0. The van der Waals surface area contributed by atoms with Crippen LogP contribution in [0.1, 0.15) is 31.4 Å². The van der Waals surface area contributed by atoms with Gasteiger partial charge in [-0.2, -0.15) is 0 Å². The molecule has 1 spiro atoms. The molecule has 1 heterocycles. The Kier molecular flexibility index (Phi) is 2.59. The van der Waals surface area contributed by atoms with Crippen molar-refractivity contribution in [3.8, 4) is 0 Å². The van der Waals surface area contributed by atoms with E-state index in [9.17, 15) is 9.18 Å². The molecule has 1 amide bonds. The van der Waals surface area contributed by atoms with Gasteiger partial charge in [-0.15, -0.1) is 0 Å². The van der Waals surface area contributed by atoms with Gasteiger partial charge in [0.1, 0.15) is 11.4 Å². The number of amides is 1. The zero-order chi connectivity index (χ0) is 13.6. The van der Waals surface area contributed by atoms with Crippen molar-refractivity contribution in [1.82, 2.24) is 10.6 Å².